The van der Waals surface area contributed by atoms with Crippen molar-refractivity contribution in [2.24, 2.45) is 0 Å². The SMILES string of the molecule is Cc1ccccc1-c1nnc(SCC(=O)NNC(=O)c2ccc(F)cc2)o1. The molecule has 2 amide bonds. The lowest BCUT2D eigenvalue weighted by molar-refractivity contribution is -0.119. The second-order valence-electron chi connectivity index (χ2n) is 5.49. The van der Waals surface area contributed by atoms with Crippen molar-refractivity contribution < 1.29 is 18.4 Å². The predicted octanol–water partition coefficient (Wildman–Crippen LogP) is 2.74. The van der Waals surface area contributed by atoms with E-state index in [9.17, 15) is 14.0 Å². The van der Waals surface area contributed by atoms with Gasteiger partial charge in [-0.25, -0.2) is 4.39 Å². The number of rotatable bonds is 5. The molecule has 138 valence electrons. The molecule has 0 saturated carbocycles. The molecule has 0 saturated heterocycles. The topological polar surface area (TPSA) is 97.1 Å². The summed E-state index contributed by atoms with van der Waals surface area (Å²) in [5, 5.41) is 8.12. The summed E-state index contributed by atoms with van der Waals surface area (Å²) >= 11 is 1.05. The van der Waals surface area contributed by atoms with Crippen LogP contribution < -0.4 is 10.9 Å². The van der Waals surface area contributed by atoms with Crippen LogP contribution >= 0.6 is 11.8 Å². The lowest BCUT2D eigenvalue weighted by Gasteiger charge is -2.06. The lowest BCUT2D eigenvalue weighted by Crippen LogP contribution is -2.42. The number of thioether (sulfide) groups is 1. The molecule has 2 aromatic carbocycles. The average molecular weight is 386 g/mol. The van der Waals surface area contributed by atoms with Crippen LogP contribution in [-0.4, -0.2) is 27.8 Å². The molecular weight excluding hydrogens is 371 g/mol. The van der Waals surface area contributed by atoms with Gasteiger partial charge in [-0.1, -0.05) is 30.0 Å². The van der Waals surface area contributed by atoms with Gasteiger partial charge in [-0.15, -0.1) is 10.2 Å². The summed E-state index contributed by atoms with van der Waals surface area (Å²) in [4.78, 5) is 23.7. The Morgan fingerprint density at radius 1 is 1.07 bits per heavy atom. The zero-order chi connectivity index (χ0) is 19.2. The van der Waals surface area contributed by atoms with Gasteiger partial charge in [0.05, 0.1) is 5.75 Å². The molecule has 7 nitrogen and oxygen atoms in total. The third-order valence-electron chi connectivity index (χ3n) is 3.53. The van der Waals surface area contributed by atoms with Crippen LogP contribution in [0.4, 0.5) is 4.39 Å². The third-order valence-corrected chi connectivity index (χ3v) is 4.35. The molecule has 0 spiro atoms. The van der Waals surface area contributed by atoms with Crippen molar-refractivity contribution in [1.82, 2.24) is 21.0 Å². The normalized spacial score (nSPS) is 10.4. The summed E-state index contributed by atoms with van der Waals surface area (Å²) in [6.45, 7) is 1.93. The molecule has 3 aromatic rings. The zero-order valence-electron chi connectivity index (χ0n) is 14.2. The molecule has 0 aliphatic heterocycles. The number of hydrogen-bond acceptors (Lipinski definition) is 6. The molecule has 9 heteroatoms. The van der Waals surface area contributed by atoms with Crippen LogP contribution in [0.25, 0.3) is 11.5 Å². The van der Waals surface area contributed by atoms with Crippen molar-refractivity contribution in [3.63, 3.8) is 0 Å². The van der Waals surface area contributed by atoms with E-state index in [0.717, 1.165) is 35.0 Å². The number of hydrogen-bond donors (Lipinski definition) is 2. The summed E-state index contributed by atoms with van der Waals surface area (Å²) in [6, 6.07) is 12.5. The van der Waals surface area contributed by atoms with E-state index in [1.165, 1.54) is 12.1 Å². The summed E-state index contributed by atoms with van der Waals surface area (Å²) in [5.74, 6) is -1.10. The third kappa shape index (κ3) is 4.91. The number of amides is 2. The number of aromatic nitrogens is 2. The number of carbonyl (C=O) groups excluding carboxylic acids is 2. The maximum Gasteiger partial charge on any atom is 0.277 e. The van der Waals surface area contributed by atoms with Gasteiger partial charge in [-0.2, -0.15) is 0 Å². The number of carbonyl (C=O) groups is 2. The number of aryl methyl sites for hydroxylation is 1. The Morgan fingerprint density at radius 3 is 2.56 bits per heavy atom. The monoisotopic (exact) mass is 386 g/mol. The summed E-state index contributed by atoms with van der Waals surface area (Å²) < 4.78 is 18.4. The number of benzene rings is 2. The van der Waals surface area contributed by atoms with Crippen molar-refractivity contribution in [1.29, 1.82) is 0 Å². The second-order valence-corrected chi connectivity index (χ2v) is 6.41. The molecule has 0 aliphatic rings. The number of hydrazine groups is 1. The molecule has 0 atom stereocenters. The van der Waals surface area contributed by atoms with Gasteiger partial charge in [0.2, 0.25) is 11.8 Å². The fourth-order valence-corrected chi connectivity index (χ4v) is 2.72. The highest BCUT2D eigenvalue weighted by atomic mass is 32.2. The van der Waals surface area contributed by atoms with E-state index in [0.29, 0.717) is 5.89 Å². The number of nitrogens with one attached hydrogen (secondary N) is 2. The van der Waals surface area contributed by atoms with Gasteiger partial charge in [-0.05, 0) is 42.8 Å². The van der Waals surface area contributed by atoms with Crippen molar-refractivity contribution in [2.45, 2.75) is 12.1 Å². The van der Waals surface area contributed by atoms with E-state index in [1.807, 2.05) is 31.2 Å². The van der Waals surface area contributed by atoms with Crippen LogP contribution in [0.3, 0.4) is 0 Å². The van der Waals surface area contributed by atoms with Crippen LogP contribution in [0.1, 0.15) is 15.9 Å². The zero-order valence-corrected chi connectivity index (χ0v) is 15.0. The quantitative estimate of drug-likeness (QED) is 0.517. The molecule has 27 heavy (non-hydrogen) atoms. The molecule has 0 fully saturated rings. The minimum atomic E-state index is -0.548. The number of halogens is 1. The molecule has 0 radical (unpaired) electrons. The van der Waals surface area contributed by atoms with E-state index >= 15 is 0 Å². The van der Waals surface area contributed by atoms with Crippen molar-refractivity contribution in [3.8, 4) is 11.5 Å². The maximum atomic E-state index is 12.8. The lowest BCUT2D eigenvalue weighted by atomic mass is 10.1. The molecular formula is C18H15FN4O3S. The van der Waals surface area contributed by atoms with Gasteiger partial charge in [-0.3, -0.25) is 20.4 Å². The molecule has 3 rings (SSSR count). The van der Waals surface area contributed by atoms with Gasteiger partial charge in [0, 0.05) is 11.1 Å². The molecule has 0 bridgehead atoms. The van der Waals surface area contributed by atoms with E-state index in [4.69, 9.17) is 4.42 Å². The summed E-state index contributed by atoms with van der Waals surface area (Å²) in [7, 11) is 0. The Kier molecular flexibility index (Phi) is 5.82. The van der Waals surface area contributed by atoms with Crippen LogP contribution in [0.2, 0.25) is 0 Å². The van der Waals surface area contributed by atoms with Crippen LogP contribution in [0.5, 0.6) is 0 Å². The predicted molar refractivity (Wildman–Crippen MR) is 97.2 cm³/mol. The van der Waals surface area contributed by atoms with Crippen LogP contribution in [0, 0.1) is 12.7 Å². The van der Waals surface area contributed by atoms with Crippen molar-refractivity contribution in [2.75, 3.05) is 5.75 Å². The first-order valence-electron chi connectivity index (χ1n) is 7.90. The van der Waals surface area contributed by atoms with Gasteiger partial charge in [0.1, 0.15) is 5.82 Å². The smallest absolute Gasteiger partial charge is 0.277 e. The summed E-state index contributed by atoms with van der Waals surface area (Å²) in [6.07, 6.45) is 0. The van der Waals surface area contributed by atoms with Gasteiger partial charge in [0.15, 0.2) is 0 Å². The van der Waals surface area contributed by atoms with E-state index < -0.39 is 17.6 Å². The Hall–Kier alpha value is -3.20. The Bertz CT molecular complexity index is 959. The minimum absolute atomic E-state index is 0.0287. The molecule has 0 unspecified atom stereocenters. The first-order chi connectivity index (χ1) is 13.0. The van der Waals surface area contributed by atoms with E-state index in [1.54, 1.807) is 0 Å². The first-order valence-corrected chi connectivity index (χ1v) is 8.88. The fraction of sp³-hybridized carbons (Fsp3) is 0.111. The van der Waals surface area contributed by atoms with Gasteiger partial charge < -0.3 is 4.42 Å². The van der Waals surface area contributed by atoms with Crippen molar-refractivity contribution >= 4 is 23.6 Å². The largest absolute Gasteiger partial charge is 0.411 e. The average Bonchev–Trinajstić information content (AvgIpc) is 3.14. The van der Waals surface area contributed by atoms with Crippen molar-refractivity contribution in [3.05, 3.63) is 65.5 Å². The molecule has 2 N–H and O–H groups in total. The summed E-state index contributed by atoms with van der Waals surface area (Å²) in [5.41, 5.74) is 6.57. The highest BCUT2D eigenvalue weighted by Crippen LogP contribution is 2.25. The maximum absolute atomic E-state index is 12.8. The van der Waals surface area contributed by atoms with Crippen LogP contribution in [-0.2, 0) is 4.79 Å². The highest BCUT2D eigenvalue weighted by Gasteiger charge is 2.13. The van der Waals surface area contributed by atoms with E-state index in [-0.39, 0.29) is 16.5 Å². The molecule has 0 aliphatic carbocycles. The molecule has 1 heterocycles. The standard InChI is InChI=1S/C18H15FN4O3S/c1-11-4-2-3-5-14(11)17-22-23-18(26-17)27-10-15(24)20-21-16(25)12-6-8-13(19)9-7-12/h2-9H,10H2,1H3,(H,20,24)(H,21,25). The van der Waals surface area contributed by atoms with Gasteiger partial charge in [0.25, 0.3) is 11.1 Å². The fourth-order valence-electron chi connectivity index (χ4n) is 2.15. The molecule has 1 aromatic heterocycles. The highest BCUT2D eigenvalue weighted by molar-refractivity contribution is 7.99. The Morgan fingerprint density at radius 2 is 1.81 bits per heavy atom. The Labute approximate surface area is 158 Å². The number of nitrogens with zero attached hydrogens (tertiary/aromatic N) is 2. The van der Waals surface area contributed by atoms with E-state index in [2.05, 4.69) is 21.0 Å². The van der Waals surface area contributed by atoms with Gasteiger partial charge >= 0.3 is 0 Å². The van der Waals surface area contributed by atoms with Crippen LogP contribution in [0.15, 0.2) is 58.2 Å². The minimum Gasteiger partial charge on any atom is -0.411 e. The Balaban J connectivity index is 1.49. The first kappa shape index (κ1) is 18.6. The second kappa shape index (κ2) is 8.45.